The van der Waals surface area contributed by atoms with Crippen molar-refractivity contribution in [3.8, 4) is 0 Å². The van der Waals surface area contributed by atoms with Crippen molar-refractivity contribution in [2.45, 2.75) is 25.3 Å². The van der Waals surface area contributed by atoms with E-state index in [1.807, 2.05) is 0 Å². The minimum Gasteiger partial charge on any atom is -0.327 e. The van der Waals surface area contributed by atoms with Crippen molar-refractivity contribution < 1.29 is 0 Å². The topological polar surface area (TPSA) is 26.0 Å². The van der Waals surface area contributed by atoms with Gasteiger partial charge < -0.3 is 5.73 Å². The molecule has 0 spiro atoms. The van der Waals surface area contributed by atoms with Crippen LogP contribution in [0.15, 0.2) is 28.7 Å². The molecule has 1 aliphatic rings. The number of rotatable bonds is 2. The van der Waals surface area contributed by atoms with Gasteiger partial charge >= 0.3 is 0 Å². The van der Waals surface area contributed by atoms with E-state index < -0.39 is 0 Å². The van der Waals surface area contributed by atoms with Crippen molar-refractivity contribution in [3.05, 3.63) is 34.3 Å². The normalized spacial score (nSPS) is 26.9. The maximum Gasteiger partial charge on any atom is 0.0177 e. The SMILES string of the molecule is NC1CCC1Cc1cccc(Br)c1. The summed E-state index contributed by atoms with van der Waals surface area (Å²) in [5.41, 5.74) is 7.29. The van der Waals surface area contributed by atoms with Crippen LogP contribution in [0.1, 0.15) is 18.4 Å². The van der Waals surface area contributed by atoms with Crippen LogP contribution < -0.4 is 5.73 Å². The number of nitrogens with two attached hydrogens (primary N) is 1. The lowest BCUT2D eigenvalue weighted by Crippen LogP contribution is -2.40. The molecule has 0 heterocycles. The zero-order valence-corrected chi connectivity index (χ0v) is 9.13. The van der Waals surface area contributed by atoms with Crippen LogP contribution in [-0.4, -0.2) is 6.04 Å². The number of hydrogen-bond donors (Lipinski definition) is 1. The molecule has 1 nitrogen and oxygen atoms in total. The first kappa shape index (κ1) is 9.22. The molecule has 0 aromatic heterocycles. The maximum absolute atomic E-state index is 5.90. The number of hydrogen-bond acceptors (Lipinski definition) is 1. The van der Waals surface area contributed by atoms with Gasteiger partial charge in [0.25, 0.3) is 0 Å². The summed E-state index contributed by atoms with van der Waals surface area (Å²) in [6.45, 7) is 0. The average Bonchev–Trinajstić information content (AvgIpc) is 2.12. The van der Waals surface area contributed by atoms with Gasteiger partial charge in [0.2, 0.25) is 0 Å². The van der Waals surface area contributed by atoms with E-state index in [0.29, 0.717) is 12.0 Å². The summed E-state index contributed by atoms with van der Waals surface area (Å²) >= 11 is 3.48. The fourth-order valence-corrected chi connectivity index (χ4v) is 2.26. The highest BCUT2D eigenvalue weighted by atomic mass is 79.9. The third-order valence-corrected chi connectivity index (χ3v) is 3.36. The molecule has 1 saturated carbocycles. The molecule has 1 aromatic carbocycles. The molecule has 1 aliphatic carbocycles. The standard InChI is InChI=1S/C11H14BrN/c12-10-3-1-2-8(7-10)6-9-4-5-11(9)13/h1-3,7,9,11H,4-6,13H2. The molecule has 2 unspecified atom stereocenters. The van der Waals surface area contributed by atoms with Gasteiger partial charge in [0.15, 0.2) is 0 Å². The van der Waals surface area contributed by atoms with E-state index >= 15 is 0 Å². The molecule has 0 aliphatic heterocycles. The largest absolute Gasteiger partial charge is 0.327 e. The zero-order valence-electron chi connectivity index (χ0n) is 7.54. The number of halogens is 1. The molecule has 2 heteroatoms. The molecule has 70 valence electrons. The Morgan fingerprint density at radius 3 is 2.77 bits per heavy atom. The summed E-state index contributed by atoms with van der Waals surface area (Å²) < 4.78 is 1.16. The Balaban J connectivity index is 2.01. The second kappa shape index (κ2) is 3.81. The highest BCUT2D eigenvalue weighted by Gasteiger charge is 2.26. The lowest BCUT2D eigenvalue weighted by Gasteiger charge is -2.33. The predicted molar refractivity (Wildman–Crippen MR) is 58.5 cm³/mol. The Kier molecular flexibility index (Phi) is 2.70. The van der Waals surface area contributed by atoms with Crippen LogP contribution in [0.25, 0.3) is 0 Å². The first-order valence-electron chi connectivity index (χ1n) is 4.76. The lowest BCUT2D eigenvalue weighted by molar-refractivity contribution is 0.256. The molecule has 2 atom stereocenters. The van der Waals surface area contributed by atoms with E-state index in [4.69, 9.17) is 5.73 Å². The molecule has 2 rings (SSSR count). The van der Waals surface area contributed by atoms with Gasteiger partial charge in [-0.2, -0.15) is 0 Å². The van der Waals surface area contributed by atoms with Crippen LogP contribution in [0.4, 0.5) is 0 Å². The lowest BCUT2D eigenvalue weighted by atomic mass is 9.76. The van der Waals surface area contributed by atoms with E-state index in [0.717, 1.165) is 10.9 Å². The molecule has 0 amide bonds. The van der Waals surface area contributed by atoms with Gasteiger partial charge in [-0.15, -0.1) is 0 Å². The predicted octanol–water partition coefficient (Wildman–Crippen LogP) is 2.73. The van der Waals surface area contributed by atoms with Gasteiger partial charge in [-0.1, -0.05) is 28.1 Å². The first-order valence-corrected chi connectivity index (χ1v) is 5.55. The van der Waals surface area contributed by atoms with E-state index in [1.54, 1.807) is 0 Å². The molecule has 1 aromatic rings. The first-order chi connectivity index (χ1) is 6.25. The monoisotopic (exact) mass is 239 g/mol. The summed E-state index contributed by atoms with van der Waals surface area (Å²) in [7, 11) is 0. The maximum atomic E-state index is 5.90. The van der Waals surface area contributed by atoms with Gasteiger partial charge in [-0.25, -0.2) is 0 Å². The van der Waals surface area contributed by atoms with Crippen LogP contribution in [0, 0.1) is 5.92 Å². The van der Waals surface area contributed by atoms with Crippen molar-refractivity contribution in [2.75, 3.05) is 0 Å². The minimum atomic E-state index is 0.444. The fourth-order valence-electron chi connectivity index (χ4n) is 1.81. The molecule has 0 radical (unpaired) electrons. The van der Waals surface area contributed by atoms with Crippen LogP contribution in [0.5, 0.6) is 0 Å². The Hall–Kier alpha value is -0.340. The summed E-state index contributed by atoms with van der Waals surface area (Å²) in [5, 5.41) is 0. The highest BCUT2D eigenvalue weighted by Crippen LogP contribution is 2.29. The Labute approximate surface area is 87.5 Å². The third-order valence-electron chi connectivity index (χ3n) is 2.86. The molecule has 13 heavy (non-hydrogen) atoms. The van der Waals surface area contributed by atoms with Gasteiger partial charge in [-0.05, 0) is 42.9 Å². The van der Waals surface area contributed by atoms with Gasteiger partial charge in [-0.3, -0.25) is 0 Å². The highest BCUT2D eigenvalue weighted by molar-refractivity contribution is 9.10. The Morgan fingerprint density at radius 1 is 1.38 bits per heavy atom. The molecule has 2 N–H and O–H groups in total. The van der Waals surface area contributed by atoms with Crippen molar-refractivity contribution in [1.82, 2.24) is 0 Å². The van der Waals surface area contributed by atoms with Gasteiger partial charge in [0.1, 0.15) is 0 Å². The Morgan fingerprint density at radius 2 is 2.23 bits per heavy atom. The smallest absolute Gasteiger partial charge is 0.0177 e. The van der Waals surface area contributed by atoms with E-state index in [9.17, 15) is 0 Å². The third kappa shape index (κ3) is 2.12. The second-order valence-corrected chi connectivity index (χ2v) is 4.75. The zero-order chi connectivity index (χ0) is 9.26. The number of benzene rings is 1. The molecular weight excluding hydrogens is 226 g/mol. The quantitative estimate of drug-likeness (QED) is 0.845. The van der Waals surface area contributed by atoms with E-state index in [-0.39, 0.29) is 0 Å². The van der Waals surface area contributed by atoms with Crippen molar-refractivity contribution in [3.63, 3.8) is 0 Å². The molecular formula is C11H14BrN. The van der Waals surface area contributed by atoms with Crippen molar-refractivity contribution >= 4 is 15.9 Å². The minimum absolute atomic E-state index is 0.444. The Bertz CT molecular complexity index is 298. The van der Waals surface area contributed by atoms with E-state index in [2.05, 4.69) is 40.2 Å². The summed E-state index contributed by atoms with van der Waals surface area (Å²) in [6, 6.07) is 8.95. The summed E-state index contributed by atoms with van der Waals surface area (Å²) in [6.07, 6.45) is 3.65. The van der Waals surface area contributed by atoms with Crippen LogP contribution in [0.2, 0.25) is 0 Å². The van der Waals surface area contributed by atoms with E-state index in [1.165, 1.54) is 18.4 Å². The molecule has 0 saturated heterocycles. The average molecular weight is 240 g/mol. The fraction of sp³-hybridized carbons (Fsp3) is 0.455. The van der Waals surface area contributed by atoms with Crippen LogP contribution >= 0.6 is 15.9 Å². The summed E-state index contributed by atoms with van der Waals surface area (Å²) in [4.78, 5) is 0. The van der Waals surface area contributed by atoms with Crippen LogP contribution in [0.3, 0.4) is 0 Å². The van der Waals surface area contributed by atoms with Crippen molar-refractivity contribution in [1.29, 1.82) is 0 Å². The van der Waals surface area contributed by atoms with Gasteiger partial charge in [0, 0.05) is 10.5 Å². The van der Waals surface area contributed by atoms with Crippen LogP contribution in [-0.2, 0) is 6.42 Å². The molecule has 0 bridgehead atoms. The van der Waals surface area contributed by atoms with Gasteiger partial charge in [0.05, 0.1) is 0 Å². The summed E-state index contributed by atoms with van der Waals surface area (Å²) in [5.74, 6) is 0.717. The molecule has 1 fully saturated rings. The second-order valence-electron chi connectivity index (χ2n) is 3.84. The van der Waals surface area contributed by atoms with Crippen molar-refractivity contribution in [2.24, 2.45) is 11.7 Å².